The zero-order valence-electron chi connectivity index (χ0n) is 12.8. The normalized spacial score (nSPS) is 29.9. The number of ether oxygens (including phenoxy) is 1. The lowest BCUT2D eigenvalue weighted by atomic mass is 9.71. The first-order valence-electron chi connectivity index (χ1n) is 7.98. The van der Waals surface area contributed by atoms with Gasteiger partial charge in [0.25, 0.3) is 0 Å². The van der Waals surface area contributed by atoms with Gasteiger partial charge in [0, 0.05) is 36.8 Å². The second-order valence-electron chi connectivity index (χ2n) is 6.60. The number of fused-ring (bicyclic) bond motifs is 1. The van der Waals surface area contributed by atoms with Crippen molar-refractivity contribution in [3.05, 3.63) is 23.8 Å². The molecule has 1 saturated heterocycles. The minimum Gasteiger partial charge on any atom is -0.496 e. The van der Waals surface area contributed by atoms with E-state index < -0.39 is 5.60 Å². The fourth-order valence-electron chi connectivity index (χ4n) is 3.95. The van der Waals surface area contributed by atoms with E-state index in [1.54, 1.807) is 7.11 Å². The number of likely N-dealkylation sites (tertiary alicyclic amines) is 1. The molecule has 3 N–H and O–H groups in total. The van der Waals surface area contributed by atoms with Crippen LogP contribution in [0, 0.1) is 5.92 Å². The lowest BCUT2D eigenvalue weighted by molar-refractivity contribution is -0.0968. The van der Waals surface area contributed by atoms with Crippen LogP contribution in [0.5, 0.6) is 5.75 Å². The maximum atomic E-state index is 10.7. The summed E-state index contributed by atoms with van der Waals surface area (Å²) < 4.78 is 5.44. The third kappa shape index (κ3) is 3.01. The molecule has 2 fully saturated rings. The molecule has 21 heavy (non-hydrogen) atoms. The minimum atomic E-state index is -0.408. The SMILES string of the molecule is COc1ccc(N)cc1CN1CCC2(O)CCCCC2C1. The van der Waals surface area contributed by atoms with E-state index in [1.807, 2.05) is 18.2 Å². The number of nitrogens with zero attached hydrogens (tertiary/aromatic N) is 1. The Hall–Kier alpha value is -1.26. The summed E-state index contributed by atoms with van der Waals surface area (Å²) in [6.45, 7) is 2.78. The van der Waals surface area contributed by atoms with Crippen LogP contribution in [0.2, 0.25) is 0 Å². The van der Waals surface area contributed by atoms with Gasteiger partial charge in [-0.15, -0.1) is 0 Å². The summed E-state index contributed by atoms with van der Waals surface area (Å²) in [4.78, 5) is 2.43. The summed E-state index contributed by atoms with van der Waals surface area (Å²) >= 11 is 0. The topological polar surface area (TPSA) is 58.7 Å². The number of rotatable bonds is 3. The Morgan fingerprint density at radius 1 is 1.38 bits per heavy atom. The molecule has 2 atom stereocenters. The molecule has 2 unspecified atom stereocenters. The second-order valence-corrected chi connectivity index (χ2v) is 6.60. The molecular formula is C17H26N2O2. The Labute approximate surface area is 126 Å². The molecule has 0 radical (unpaired) electrons. The van der Waals surface area contributed by atoms with Crippen molar-refractivity contribution < 1.29 is 9.84 Å². The molecule has 116 valence electrons. The van der Waals surface area contributed by atoms with Gasteiger partial charge in [-0.3, -0.25) is 4.90 Å². The number of methoxy groups -OCH3 is 1. The maximum Gasteiger partial charge on any atom is 0.123 e. The summed E-state index contributed by atoms with van der Waals surface area (Å²) in [5.41, 5.74) is 7.40. The molecule has 1 aliphatic heterocycles. The van der Waals surface area contributed by atoms with E-state index in [0.717, 1.165) is 55.9 Å². The number of nitrogen functional groups attached to an aromatic ring is 1. The first-order valence-corrected chi connectivity index (χ1v) is 7.98. The van der Waals surface area contributed by atoms with Gasteiger partial charge in [0.15, 0.2) is 0 Å². The van der Waals surface area contributed by atoms with Gasteiger partial charge in [0.05, 0.1) is 12.7 Å². The van der Waals surface area contributed by atoms with Gasteiger partial charge in [0.2, 0.25) is 0 Å². The van der Waals surface area contributed by atoms with Gasteiger partial charge < -0.3 is 15.6 Å². The van der Waals surface area contributed by atoms with Crippen LogP contribution in [0.1, 0.15) is 37.7 Å². The van der Waals surface area contributed by atoms with Crippen molar-refractivity contribution in [1.82, 2.24) is 4.90 Å². The Morgan fingerprint density at radius 2 is 2.24 bits per heavy atom. The second kappa shape index (κ2) is 5.85. The highest BCUT2D eigenvalue weighted by Crippen LogP contribution is 2.40. The molecular weight excluding hydrogens is 264 g/mol. The molecule has 1 aromatic carbocycles. The number of hydrogen-bond donors (Lipinski definition) is 2. The molecule has 2 aliphatic rings. The lowest BCUT2D eigenvalue weighted by Crippen LogP contribution is -2.52. The molecule has 1 aliphatic carbocycles. The van der Waals surface area contributed by atoms with E-state index in [1.165, 1.54) is 12.8 Å². The van der Waals surface area contributed by atoms with Crippen molar-refractivity contribution in [2.24, 2.45) is 5.92 Å². The first-order chi connectivity index (χ1) is 10.1. The molecule has 0 spiro atoms. The summed E-state index contributed by atoms with van der Waals surface area (Å²) in [5.74, 6) is 1.32. The Balaban J connectivity index is 1.70. The summed E-state index contributed by atoms with van der Waals surface area (Å²) in [6, 6.07) is 5.81. The average Bonchev–Trinajstić information content (AvgIpc) is 2.48. The lowest BCUT2D eigenvalue weighted by Gasteiger charge is -2.47. The monoisotopic (exact) mass is 290 g/mol. The van der Waals surface area contributed by atoms with Crippen molar-refractivity contribution in [1.29, 1.82) is 0 Å². The van der Waals surface area contributed by atoms with Gasteiger partial charge in [-0.1, -0.05) is 12.8 Å². The number of hydrogen-bond acceptors (Lipinski definition) is 4. The third-order valence-corrected chi connectivity index (χ3v) is 5.21. The minimum absolute atomic E-state index is 0.408. The number of anilines is 1. The summed E-state index contributed by atoms with van der Waals surface area (Å²) in [7, 11) is 1.70. The van der Waals surface area contributed by atoms with Crippen molar-refractivity contribution in [3.8, 4) is 5.75 Å². The third-order valence-electron chi connectivity index (χ3n) is 5.21. The van der Waals surface area contributed by atoms with Crippen LogP contribution in [0.4, 0.5) is 5.69 Å². The largest absolute Gasteiger partial charge is 0.496 e. The van der Waals surface area contributed by atoms with Gasteiger partial charge in [-0.25, -0.2) is 0 Å². The molecule has 4 heteroatoms. The van der Waals surface area contributed by atoms with Gasteiger partial charge in [0.1, 0.15) is 5.75 Å². The van der Waals surface area contributed by atoms with Crippen LogP contribution >= 0.6 is 0 Å². The number of nitrogens with two attached hydrogens (primary N) is 1. The van der Waals surface area contributed by atoms with Crippen LogP contribution in [0.25, 0.3) is 0 Å². The standard InChI is InChI=1S/C17H26N2O2/c1-21-16-6-5-15(18)10-13(16)11-19-9-8-17(20)7-3-2-4-14(17)12-19/h5-6,10,14,20H,2-4,7-9,11-12,18H2,1H3. The van der Waals surface area contributed by atoms with Crippen LogP contribution in [0.15, 0.2) is 18.2 Å². The quantitative estimate of drug-likeness (QED) is 0.839. The highest BCUT2D eigenvalue weighted by molar-refractivity contribution is 5.47. The van der Waals surface area contributed by atoms with Gasteiger partial charge in [-0.2, -0.15) is 0 Å². The van der Waals surface area contributed by atoms with E-state index in [0.29, 0.717) is 5.92 Å². The Bertz CT molecular complexity index is 506. The van der Waals surface area contributed by atoms with Gasteiger partial charge in [-0.05, 0) is 37.5 Å². The fourth-order valence-corrected chi connectivity index (χ4v) is 3.95. The molecule has 1 heterocycles. The van der Waals surface area contributed by atoms with Crippen LogP contribution in [-0.4, -0.2) is 35.8 Å². The van der Waals surface area contributed by atoms with Crippen LogP contribution < -0.4 is 10.5 Å². The highest BCUT2D eigenvalue weighted by Gasteiger charge is 2.42. The molecule has 0 bridgehead atoms. The molecule has 0 aromatic heterocycles. The fraction of sp³-hybridized carbons (Fsp3) is 0.647. The number of aliphatic hydroxyl groups is 1. The highest BCUT2D eigenvalue weighted by atomic mass is 16.5. The van der Waals surface area contributed by atoms with Crippen molar-refractivity contribution in [2.45, 2.75) is 44.2 Å². The predicted molar refractivity (Wildman–Crippen MR) is 84.2 cm³/mol. The van der Waals surface area contributed by atoms with Crippen LogP contribution in [-0.2, 0) is 6.54 Å². The average molecular weight is 290 g/mol. The van der Waals surface area contributed by atoms with Crippen molar-refractivity contribution in [3.63, 3.8) is 0 Å². The zero-order valence-corrected chi connectivity index (χ0v) is 12.8. The van der Waals surface area contributed by atoms with E-state index in [2.05, 4.69) is 4.90 Å². The van der Waals surface area contributed by atoms with E-state index in [-0.39, 0.29) is 0 Å². The summed E-state index contributed by atoms with van der Waals surface area (Å²) in [5, 5.41) is 10.7. The molecule has 1 aromatic rings. The Kier molecular flexibility index (Phi) is 4.09. The molecule has 1 saturated carbocycles. The van der Waals surface area contributed by atoms with E-state index >= 15 is 0 Å². The molecule has 0 amide bonds. The molecule has 3 rings (SSSR count). The number of benzene rings is 1. The summed E-state index contributed by atoms with van der Waals surface area (Å²) in [6.07, 6.45) is 5.45. The molecule has 4 nitrogen and oxygen atoms in total. The van der Waals surface area contributed by atoms with E-state index in [9.17, 15) is 5.11 Å². The smallest absolute Gasteiger partial charge is 0.123 e. The Morgan fingerprint density at radius 3 is 3.05 bits per heavy atom. The van der Waals surface area contributed by atoms with Crippen LogP contribution in [0.3, 0.4) is 0 Å². The zero-order chi connectivity index (χ0) is 14.9. The maximum absolute atomic E-state index is 10.7. The first kappa shape index (κ1) is 14.7. The van der Waals surface area contributed by atoms with Gasteiger partial charge >= 0.3 is 0 Å². The van der Waals surface area contributed by atoms with Crippen molar-refractivity contribution in [2.75, 3.05) is 25.9 Å². The van der Waals surface area contributed by atoms with E-state index in [4.69, 9.17) is 10.5 Å². The predicted octanol–water partition coefficient (Wildman–Crippen LogP) is 2.40. The van der Waals surface area contributed by atoms with Crippen molar-refractivity contribution >= 4 is 5.69 Å². The number of piperidine rings is 1.